The van der Waals surface area contributed by atoms with Crippen molar-refractivity contribution in [1.29, 1.82) is 0 Å². The van der Waals surface area contributed by atoms with Crippen LogP contribution in [0.15, 0.2) is 48.8 Å². The minimum atomic E-state index is -0.523. The third kappa shape index (κ3) is 4.50. The van der Waals surface area contributed by atoms with Gasteiger partial charge in [-0.2, -0.15) is 0 Å². The molecule has 1 aromatic heterocycles. The molecule has 1 saturated heterocycles. The van der Waals surface area contributed by atoms with Crippen molar-refractivity contribution >= 4 is 17.5 Å². The van der Waals surface area contributed by atoms with Crippen molar-refractivity contribution in [3.8, 4) is 0 Å². The maximum atomic E-state index is 13.1. The molecule has 0 unspecified atom stereocenters. The molecule has 0 saturated carbocycles. The normalized spacial score (nSPS) is 15.4. The molecule has 1 atom stereocenters. The van der Waals surface area contributed by atoms with E-state index in [1.54, 1.807) is 6.07 Å². The van der Waals surface area contributed by atoms with Gasteiger partial charge in [-0.1, -0.05) is 32.0 Å². The summed E-state index contributed by atoms with van der Waals surface area (Å²) in [5.41, 5.74) is 2.68. The van der Waals surface area contributed by atoms with Gasteiger partial charge in [-0.05, 0) is 24.5 Å². The lowest BCUT2D eigenvalue weighted by molar-refractivity contribution is -0.377. The fourth-order valence-electron chi connectivity index (χ4n) is 3.53. The lowest BCUT2D eigenvalue weighted by Gasteiger charge is -2.38. The zero-order valence-electron chi connectivity index (χ0n) is 16.8. The number of rotatable bonds is 5. The fraction of sp³-hybridized carbons (Fsp3) is 0.409. The number of nitrogens with zero attached hydrogens (tertiary/aromatic N) is 2. The summed E-state index contributed by atoms with van der Waals surface area (Å²) >= 11 is 0. The van der Waals surface area contributed by atoms with Crippen molar-refractivity contribution < 1.29 is 14.6 Å². The Morgan fingerprint density at radius 2 is 1.64 bits per heavy atom. The van der Waals surface area contributed by atoms with Crippen LogP contribution in [0.4, 0.5) is 5.69 Å². The number of aryl methyl sites for hydroxylation is 1. The molecule has 2 aromatic rings. The number of H-pyrrole nitrogens is 1. The molecule has 1 aromatic carbocycles. The lowest BCUT2D eigenvalue weighted by Crippen LogP contribution is -2.56. The van der Waals surface area contributed by atoms with E-state index in [1.165, 1.54) is 0 Å². The van der Waals surface area contributed by atoms with E-state index in [9.17, 15) is 9.59 Å². The van der Waals surface area contributed by atoms with Crippen molar-refractivity contribution in [3.63, 3.8) is 0 Å². The van der Waals surface area contributed by atoms with E-state index in [0.717, 1.165) is 24.3 Å². The average molecular weight is 382 g/mol. The Bertz CT molecular complexity index is 814. The van der Waals surface area contributed by atoms with Gasteiger partial charge in [0.05, 0.1) is 0 Å². The summed E-state index contributed by atoms with van der Waals surface area (Å²) in [6.07, 6.45) is 3.81. The SMILES string of the molecule is Cc1ccccc1C(=O)N[C@H](C(=O)N1CCN(c2cc[nH+]cc2)CC1)C(C)C. The first-order valence-electron chi connectivity index (χ1n) is 9.83. The molecule has 0 spiro atoms. The van der Waals surface area contributed by atoms with Gasteiger partial charge in [0.25, 0.3) is 5.91 Å². The number of piperazine rings is 1. The van der Waals surface area contributed by atoms with Crippen LogP contribution in [0.2, 0.25) is 0 Å². The molecule has 6 nitrogen and oxygen atoms in total. The van der Waals surface area contributed by atoms with Gasteiger partial charge in [0.15, 0.2) is 12.4 Å². The molecule has 2 amide bonds. The summed E-state index contributed by atoms with van der Waals surface area (Å²) in [5.74, 6) is -0.176. The fourth-order valence-corrected chi connectivity index (χ4v) is 3.53. The molecule has 0 aliphatic carbocycles. The number of carbonyl (C=O) groups excluding carboxylic acids is 2. The standard InChI is InChI=1S/C22H28N4O2/c1-16(2)20(24-21(27)19-7-5-4-6-17(19)3)22(28)26-14-12-25(13-15-26)18-8-10-23-11-9-18/h4-11,16,20H,12-15H2,1-3H3,(H,24,27)/p+1/t20-/m0/s1. The Labute approximate surface area is 166 Å². The summed E-state index contributed by atoms with van der Waals surface area (Å²) in [4.78, 5) is 33.0. The molecule has 1 fully saturated rings. The van der Waals surface area contributed by atoms with Crippen LogP contribution in [-0.2, 0) is 4.79 Å². The van der Waals surface area contributed by atoms with Gasteiger partial charge in [-0.3, -0.25) is 9.59 Å². The van der Waals surface area contributed by atoms with Crippen LogP contribution >= 0.6 is 0 Å². The first-order chi connectivity index (χ1) is 13.5. The third-order valence-corrected chi connectivity index (χ3v) is 5.27. The maximum absolute atomic E-state index is 13.1. The Kier molecular flexibility index (Phi) is 6.29. The van der Waals surface area contributed by atoms with E-state index in [1.807, 2.05) is 68.4 Å². The average Bonchev–Trinajstić information content (AvgIpc) is 2.72. The highest BCUT2D eigenvalue weighted by molar-refractivity contribution is 5.98. The predicted molar refractivity (Wildman–Crippen MR) is 109 cm³/mol. The van der Waals surface area contributed by atoms with E-state index < -0.39 is 6.04 Å². The number of aromatic nitrogens is 1. The van der Waals surface area contributed by atoms with Crippen molar-refractivity contribution in [1.82, 2.24) is 10.2 Å². The number of benzene rings is 1. The number of amides is 2. The number of hydrogen-bond acceptors (Lipinski definition) is 3. The van der Waals surface area contributed by atoms with Crippen LogP contribution in [0.25, 0.3) is 0 Å². The van der Waals surface area contributed by atoms with Crippen LogP contribution in [0.5, 0.6) is 0 Å². The number of carbonyl (C=O) groups is 2. The Hall–Kier alpha value is -2.89. The number of anilines is 1. The highest BCUT2D eigenvalue weighted by Crippen LogP contribution is 2.16. The Balaban J connectivity index is 1.64. The van der Waals surface area contributed by atoms with Crippen LogP contribution in [-0.4, -0.2) is 48.9 Å². The molecule has 6 heteroatoms. The van der Waals surface area contributed by atoms with Crippen molar-refractivity contribution in [2.45, 2.75) is 26.8 Å². The van der Waals surface area contributed by atoms with Gasteiger partial charge in [0.1, 0.15) is 6.04 Å². The smallest absolute Gasteiger partial charge is 0.252 e. The van der Waals surface area contributed by atoms with Crippen LogP contribution in [0.1, 0.15) is 29.8 Å². The number of aromatic amines is 1. The van der Waals surface area contributed by atoms with E-state index in [4.69, 9.17) is 0 Å². The van der Waals surface area contributed by atoms with Crippen molar-refractivity contribution in [2.24, 2.45) is 5.92 Å². The van der Waals surface area contributed by atoms with Crippen LogP contribution in [0.3, 0.4) is 0 Å². The van der Waals surface area contributed by atoms with Gasteiger partial charge >= 0.3 is 0 Å². The largest absolute Gasteiger partial charge is 0.368 e. The quantitative estimate of drug-likeness (QED) is 0.860. The molecular formula is C22H29N4O2+. The second-order valence-electron chi connectivity index (χ2n) is 7.58. The molecule has 3 rings (SSSR count). The first kappa shape index (κ1) is 19.9. The monoisotopic (exact) mass is 381 g/mol. The van der Waals surface area contributed by atoms with E-state index in [2.05, 4.69) is 15.2 Å². The van der Waals surface area contributed by atoms with E-state index in [-0.39, 0.29) is 17.7 Å². The molecule has 2 heterocycles. The molecule has 148 valence electrons. The van der Waals surface area contributed by atoms with Crippen molar-refractivity contribution in [2.75, 3.05) is 31.1 Å². The van der Waals surface area contributed by atoms with Gasteiger partial charge < -0.3 is 15.1 Å². The molecule has 1 aliphatic rings. The highest BCUT2D eigenvalue weighted by Gasteiger charge is 2.31. The number of pyridine rings is 1. The molecule has 2 N–H and O–H groups in total. The molecule has 0 radical (unpaired) electrons. The topological polar surface area (TPSA) is 66.8 Å². The maximum Gasteiger partial charge on any atom is 0.252 e. The van der Waals surface area contributed by atoms with Crippen LogP contribution in [0, 0.1) is 12.8 Å². The summed E-state index contributed by atoms with van der Waals surface area (Å²) in [7, 11) is 0. The van der Waals surface area contributed by atoms with Gasteiger partial charge in [0.2, 0.25) is 5.91 Å². The lowest BCUT2D eigenvalue weighted by atomic mass is 10.0. The van der Waals surface area contributed by atoms with Crippen molar-refractivity contribution in [3.05, 3.63) is 59.9 Å². The predicted octanol–water partition coefficient (Wildman–Crippen LogP) is 1.91. The molecule has 0 bridgehead atoms. The second-order valence-corrected chi connectivity index (χ2v) is 7.58. The minimum Gasteiger partial charge on any atom is -0.368 e. The number of nitrogens with one attached hydrogen (secondary N) is 2. The summed E-state index contributed by atoms with van der Waals surface area (Å²) < 4.78 is 0. The molecule has 1 aliphatic heterocycles. The van der Waals surface area contributed by atoms with Crippen LogP contribution < -0.4 is 15.2 Å². The zero-order chi connectivity index (χ0) is 20.1. The van der Waals surface area contributed by atoms with Gasteiger partial charge in [-0.15, -0.1) is 0 Å². The Morgan fingerprint density at radius 3 is 2.25 bits per heavy atom. The minimum absolute atomic E-state index is 0.00187. The Morgan fingerprint density at radius 1 is 1.00 bits per heavy atom. The summed E-state index contributed by atoms with van der Waals surface area (Å²) in [5, 5.41) is 2.97. The summed E-state index contributed by atoms with van der Waals surface area (Å²) in [6, 6.07) is 11.0. The molecular weight excluding hydrogens is 352 g/mol. The van der Waals surface area contributed by atoms with Gasteiger partial charge in [0, 0.05) is 49.6 Å². The third-order valence-electron chi connectivity index (χ3n) is 5.27. The van der Waals surface area contributed by atoms with E-state index >= 15 is 0 Å². The second kappa shape index (κ2) is 8.87. The highest BCUT2D eigenvalue weighted by atomic mass is 16.2. The van der Waals surface area contributed by atoms with E-state index in [0.29, 0.717) is 18.7 Å². The number of hydrogen-bond donors (Lipinski definition) is 1. The zero-order valence-corrected chi connectivity index (χ0v) is 16.8. The van der Waals surface area contributed by atoms with Gasteiger partial charge in [-0.25, -0.2) is 4.98 Å². The molecule has 28 heavy (non-hydrogen) atoms. The summed E-state index contributed by atoms with van der Waals surface area (Å²) in [6.45, 7) is 8.72. The first-order valence-corrected chi connectivity index (χ1v) is 9.83.